The standard InChI is InChI=1S/C13H19BrN2O/c1-9-6-12(10(14)7-11(9)15)16-8-13(17)4-2-3-5-13/h6-7,16-17H,2-5,8,15H2,1H3. The molecule has 1 aromatic rings. The number of nitrogens with one attached hydrogen (secondary N) is 1. The molecule has 0 unspecified atom stereocenters. The lowest BCUT2D eigenvalue weighted by Gasteiger charge is -2.23. The summed E-state index contributed by atoms with van der Waals surface area (Å²) in [6, 6.07) is 3.91. The first-order chi connectivity index (χ1) is 8.00. The van der Waals surface area contributed by atoms with Crippen LogP contribution < -0.4 is 11.1 Å². The van der Waals surface area contributed by atoms with Crippen LogP contribution in [0.1, 0.15) is 31.2 Å². The molecule has 1 saturated carbocycles. The zero-order valence-corrected chi connectivity index (χ0v) is 11.7. The molecule has 94 valence electrons. The number of aliphatic hydroxyl groups is 1. The molecule has 0 aliphatic heterocycles. The molecule has 1 aliphatic carbocycles. The van der Waals surface area contributed by atoms with Crippen LogP contribution in [0, 0.1) is 6.92 Å². The Labute approximate surface area is 111 Å². The number of hydrogen-bond acceptors (Lipinski definition) is 3. The zero-order valence-electron chi connectivity index (χ0n) is 10.1. The summed E-state index contributed by atoms with van der Waals surface area (Å²) < 4.78 is 0.946. The maximum atomic E-state index is 10.3. The highest BCUT2D eigenvalue weighted by atomic mass is 79.9. The predicted molar refractivity (Wildman–Crippen MR) is 75.2 cm³/mol. The van der Waals surface area contributed by atoms with Crippen LogP contribution in [0.25, 0.3) is 0 Å². The van der Waals surface area contributed by atoms with Crippen molar-refractivity contribution in [2.75, 3.05) is 17.6 Å². The number of halogens is 1. The van der Waals surface area contributed by atoms with Gasteiger partial charge >= 0.3 is 0 Å². The Bertz CT molecular complexity index is 414. The molecular formula is C13H19BrN2O. The van der Waals surface area contributed by atoms with Crippen LogP contribution in [0.5, 0.6) is 0 Å². The Kier molecular flexibility index (Phi) is 3.64. The van der Waals surface area contributed by atoms with Gasteiger partial charge < -0.3 is 16.2 Å². The predicted octanol–water partition coefficient (Wildman–Crippen LogP) is 3.06. The Balaban J connectivity index is 2.06. The van der Waals surface area contributed by atoms with Crippen molar-refractivity contribution in [3.05, 3.63) is 22.2 Å². The molecular weight excluding hydrogens is 280 g/mol. The molecule has 3 nitrogen and oxygen atoms in total. The van der Waals surface area contributed by atoms with Crippen molar-refractivity contribution in [3.8, 4) is 0 Å². The van der Waals surface area contributed by atoms with E-state index in [-0.39, 0.29) is 0 Å². The van der Waals surface area contributed by atoms with E-state index in [1.807, 2.05) is 19.1 Å². The Morgan fingerprint density at radius 3 is 2.71 bits per heavy atom. The average Bonchev–Trinajstić information content (AvgIpc) is 2.69. The fourth-order valence-electron chi connectivity index (χ4n) is 2.30. The van der Waals surface area contributed by atoms with Gasteiger partial charge in [-0.3, -0.25) is 0 Å². The van der Waals surface area contributed by atoms with Crippen molar-refractivity contribution in [2.24, 2.45) is 0 Å². The molecule has 1 fully saturated rings. The van der Waals surface area contributed by atoms with Crippen molar-refractivity contribution < 1.29 is 5.11 Å². The van der Waals surface area contributed by atoms with Gasteiger partial charge in [0.05, 0.1) is 5.60 Å². The first kappa shape index (κ1) is 12.7. The minimum atomic E-state index is -0.533. The molecule has 0 amide bonds. The average molecular weight is 299 g/mol. The molecule has 2 rings (SSSR count). The van der Waals surface area contributed by atoms with Crippen molar-refractivity contribution in [1.29, 1.82) is 0 Å². The number of hydrogen-bond donors (Lipinski definition) is 3. The van der Waals surface area contributed by atoms with Gasteiger partial charge in [0.25, 0.3) is 0 Å². The topological polar surface area (TPSA) is 58.3 Å². The second kappa shape index (κ2) is 4.86. The van der Waals surface area contributed by atoms with E-state index in [9.17, 15) is 5.11 Å². The lowest BCUT2D eigenvalue weighted by molar-refractivity contribution is 0.0614. The molecule has 0 spiro atoms. The van der Waals surface area contributed by atoms with Gasteiger partial charge in [-0.1, -0.05) is 12.8 Å². The van der Waals surface area contributed by atoms with E-state index in [1.165, 1.54) is 0 Å². The molecule has 0 atom stereocenters. The van der Waals surface area contributed by atoms with Crippen LogP contribution >= 0.6 is 15.9 Å². The largest absolute Gasteiger partial charge is 0.398 e. The van der Waals surface area contributed by atoms with Crippen LogP contribution in [-0.4, -0.2) is 17.3 Å². The highest BCUT2D eigenvalue weighted by molar-refractivity contribution is 9.10. The van der Waals surface area contributed by atoms with Gasteiger partial charge in [-0.15, -0.1) is 0 Å². The fourth-order valence-corrected chi connectivity index (χ4v) is 2.80. The SMILES string of the molecule is Cc1cc(NCC2(O)CCCC2)c(Br)cc1N. The van der Waals surface area contributed by atoms with Gasteiger partial charge in [0.2, 0.25) is 0 Å². The second-order valence-electron chi connectivity index (χ2n) is 4.97. The third-order valence-corrected chi connectivity index (χ3v) is 4.15. The number of nitrogen functional groups attached to an aromatic ring is 1. The number of rotatable bonds is 3. The van der Waals surface area contributed by atoms with E-state index in [2.05, 4.69) is 21.2 Å². The summed E-state index contributed by atoms with van der Waals surface area (Å²) in [4.78, 5) is 0. The van der Waals surface area contributed by atoms with E-state index < -0.39 is 5.60 Å². The van der Waals surface area contributed by atoms with Gasteiger partial charge in [0, 0.05) is 22.4 Å². The van der Waals surface area contributed by atoms with Crippen LogP contribution in [0.3, 0.4) is 0 Å². The minimum absolute atomic E-state index is 0.533. The molecule has 0 radical (unpaired) electrons. The second-order valence-corrected chi connectivity index (χ2v) is 5.83. The summed E-state index contributed by atoms with van der Waals surface area (Å²) in [5.41, 5.74) is 8.12. The molecule has 1 aromatic carbocycles. The molecule has 0 bridgehead atoms. The smallest absolute Gasteiger partial charge is 0.0819 e. The third-order valence-electron chi connectivity index (χ3n) is 3.50. The lowest BCUT2D eigenvalue weighted by atomic mass is 10.0. The monoisotopic (exact) mass is 298 g/mol. The summed E-state index contributed by atoms with van der Waals surface area (Å²) >= 11 is 3.48. The van der Waals surface area contributed by atoms with Crippen molar-refractivity contribution in [2.45, 2.75) is 38.2 Å². The fraction of sp³-hybridized carbons (Fsp3) is 0.538. The van der Waals surface area contributed by atoms with Crippen LogP contribution in [0.15, 0.2) is 16.6 Å². The first-order valence-electron chi connectivity index (χ1n) is 6.02. The van der Waals surface area contributed by atoms with E-state index >= 15 is 0 Å². The summed E-state index contributed by atoms with van der Waals surface area (Å²) in [5.74, 6) is 0. The quantitative estimate of drug-likeness (QED) is 0.752. The molecule has 1 aliphatic rings. The van der Waals surface area contributed by atoms with E-state index in [0.717, 1.165) is 47.1 Å². The first-order valence-corrected chi connectivity index (χ1v) is 6.81. The van der Waals surface area contributed by atoms with Gasteiger partial charge in [-0.25, -0.2) is 0 Å². The number of anilines is 2. The van der Waals surface area contributed by atoms with E-state index in [0.29, 0.717) is 6.54 Å². The highest BCUT2D eigenvalue weighted by Crippen LogP contribution is 2.32. The molecule has 4 heteroatoms. The van der Waals surface area contributed by atoms with Crippen molar-refractivity contribution in [3.63, 3.8) is 0 Å². The normalized spacial score (nSPS) is 18.3. The van der Waals surface area contributed by atoms with Crippen LogP contribution in [-0.2, 0) is 0 Å². The highest BCUT2D eigenvalue weighted by Gasteiger charge is 2.30. The maximum Gasteiger partial charge on any atom is 0.0819 e. The summed E-state index contributed by atoms with van der Waals surface area (Å²) in [7, 11) is 0. The molecule has 0 saturated heterocycles. The number of benzene rings is 1. The van der Waals surface area contributed by atoms with Gasteiger partial charge in [0.15, 0.2) is 0 Å². The number of nitrogens with two attached hydrogens (primary N) is 1. The van der Waals surface area contributed by atoms with E-state index in [4.69, 9.17) is 5.73 Å². The Hall–Kier alpha value is -0.740. The Morgan fingerprint density at radius 1 is 1.41 bits per heavy atom. The summed E-state index contributed by atoms with van der Waals surface area (Å²) in [6.45, 7) is 2.59. The van der Waals surface area contributed by atoms with E-state index in [1.54, 1.807) is 0 Å². The van der Waals surface area contributed by atoms with Crippen molar-refractivity contribution >= 4 is 27.3 Å². The van der Waals surface area contributed by atoms with Gasteiger partial charge in [-0.2, -0.15) is 0 Å². The third kappa shape index (κ3) is 2.93. The van der Waals surface area contributed by atoms with Crippen LogP contribution in [0.2, 0.25) is 0 Å². The van der Waals surface area contributed by atoms with Gasteiger partial charge in [-0.05, 0) is 53.4 Å². The molecule has 4 N–H and O–H groups in total. The number of aryl methyl sites for hydroxylation is 1. The summed E-state index contributed by atoms with van der Waals surface area (Å²) in [5, 5.41) is 13.6. The molecule has 0 aromatic heterocycles. The summed E-state index contributed by atoms with van der Waals surface area (Å²) in [6.07, 6.45) is 4.04. The lowest BCUT2D eigenvalue weighted by Crippen LogP contribution is -2.33. The van der Waals surface area contributed by atoms with Crippen LogP contribution in [0.4, 0.5) is 11.4 Å². The Morgan fingerprint density at radius 2 is 2.06 bits per heavy atom. The maximum absolute atomic E-state index is 10.3. The minimum Gasteiger partial charge on any atom is -0.398 e. The zero-order chi connectivity index (χ0) is 12.5. The van der Waals surface area contributed by atoms with Crippen molar-refractivity contribution in [1.82, 2.24) is 0 Å². The van der Waals surface area contributed by atoms with Gasteiger partial charge in [0.1, 0.15) is 0 Å². The molecule has 17 heavy (non-hydrogen) atoms. The molecule has 0 heterocycles.